The average molecular weight is 658 g/mol. The summed E-state index contributed by atoms with van der Waals surface area (Å²) in [6, 6.07) is 5.89. The fraction of sp³-hybridized carbons (Fsp3) is 0.516. The summed E-state index contributed by atoms with van der Waals surface area (Å²) in [6.45, 7) is 2.31. The number of benzene rings is 1. The number of carboxylic acids is 1. The van der Waals surface area contributed by atoms with E-state index in [1.807, 2.05) is 0 Å². The highest BCUT2D eigenvalue weighted by atomic mass is 16.6. The molecule has 3 atom stereocenters. The SMILES string of the molecule is CCOC(=O)N1CCN(C(=O)C(CCC(=O)O)NC(=O)c2cc(OCC(=O)N3CC[C@@H](O)C[C@H]3C(=O)OC)c3ccccc3n2)CC1. The van der Waals surface area contributed by atoms with Gasteiger partial charge in [-0.25, -0.2) is 14.6 Å². The Labute approximate surface area is 270 Å². The van der Waals surface area contributed by atoms with Gasteiger partial charge in [-0.1, -0.05) is 12.1 Å². The van der Waals surface area contributed by atoms with Gasteiger partial charge in [-0.3, -0.25) is 19.2 Å². The summed E-state index contributed by atoms with van der Waals surface area (Å²) in [7, 11) is 1.20. The number of nitrogens with one attached hydrogen (secondary N) is 1. The summed E-state index contributed by atoms with van der Waals surface area (Å²) in [6.07, 6.45) is -1.50. The molecule has 2 aromatic rings. The molecule has 0 spiro atoms. The minimum atomic E-state index is -1.20. The van der Waals surface area contributed by atoms with Gasteiger partial charge in [0.15, 0.2) is 6.61 Å². The second-order valence-corrected chi connectivity index (χ2v) is 11.1. The number of piperidine rings is 1. The van der Waals surface area contributed by atoms with Crippen LogP contribution in [0.25, 0.3) is 10.9 Å². The first kappa shape index (κ1) is 34.9. The number of methoxy groups -OCH3 is 1. The lowest BCUT2D eigenvalue weighted by Crippen LogP contribution is -2.56. The maximum Gasteiger partial charge on any atom is 0.409 e. The maximum absolute atomic E-state index is 13.5. The molecule has 3 heterocycles. The van der Waals surface area contributed by atoms with Gasteiger partial charge >= 0.3 is 18.0 Å². The molecule has 4 rings (SSSR count). The fourth-order valence-electron chi connectivity index (χ4n) is 5.51. The molecule has 2 aliphatic heterocycles. The van der Waals surface area contributed by atoms with Crippen molar-refractivity contribution in [3.8, 4) is 5.75 Å². The molecule has 3 N–H and O–H groups in total. The molecular formula is C31H39N5O11. The first-order valence-electron chi connectivity index (χ1n) is 15.3. The van der Waals surface area contributed by atoms with Gasteiger partial charge in [0.1, 0.15) is 23.5 Å². The number of para-hydroxylation sites is 1. The Bertz CT molecular complexity index is 1490. The van der Waals surface area contributed by atoms with E-state index in [0.717, 1.165) is 0 Å². The van der Waals surface area contributed by atoms with Gasteiger partial charge in [-0.05, 0) is 31.9 Å². The van der Waals surface area contributed by atoms with E-state index in [9.17, 15) is 39.0 Å². The van der Waals surface area contributed by atoms with E-state index in [2.05, 4.69) is 10.3 Å². The van der Waals surface area contributed by atoms with Crippen molar-refractivity contribution in [1.29, 1.82) is 0 Å². The lowest BCUT2D eigenvalue weighted by atomic mass is 9.99. The van der Waals surface area contributed by atoms with E-state index in [1.165, 1.54) is 27.9 Å². The predicted octanol–water partition coefficient (Wildman–Crippen LogP) is 0.402. The number of hydrogen-bond acceptors (Lipinski definition) is 11. The lowest BCUT2D eigenvalue weighted by molar-refractivity contribution is -0.157. The third-order valence-electron chi connectivity index (χ3n) is 8.00. The van der Waals surface area contributed by atoms with Crippen LogP contribution in [0.1, 0.15) is 43.1 Å². The summed E-state index contributed by atoms with van der Waals surface area (Å²) in [5.41, 5.74) is 0.222. The minimum Gasteiger partial charge on any atom is -0.483 e. The predicted molar refractivity (Wildman–Crippen MR) is 163 cm³/mol. The maximum atomic E-state index is 13.5. The zero-order chi connectivity index (χ0) is 34.1. The number of aromatic nitrogens is 1. The zero-order valence-corrected chi connectivity index (χ0v) is 26.3. The zero-order valence-electron chi connectivity index (χ0n) is 26.3. The van der Waals surface area contributed by atoms with Crippen molar-refractivity contribution >= 4 is 46.7 Å². The fourth-order valence-corrected chi connectivity index (χ4v) is 5.51. The lowest BCUT2D eigenvalue weighted by Gasteiger charge is -2.36. The van der Waals surface area contributed by atoms with Crippen LogP contribution in [-0.4, -0.2) is 137 Å². The van der Waals surface area contributed by atoms with Crippen LogP contribution in [-0.2, 0) is 28.7 Å². The Balaban J connectivity index is 1.50. The third kappa shape index (κ3) is 8.84. The molecule has 2 fully saturated rings. The first-order chi connectivity index (χ1) is 22.5. The van der Waals surface area contributed by atoms with E-state index in [1.54, 1.807) is 31.2 Å². The highest BCUT2D eigenvalue weighted by Gasteiger charge is 2.37. The van der Waals surface area contributed by atoms with Crippen LogP contribution >= 0.6 is 0 Å². The molecule has 1 unspecified atom stereocenters. The highest BCUT2D eigenvalue weighted by Crippen LogP contribution is 2.26. The van der Waals surface area contributed by atoms with Crippen LogP contribution in [0.2, 0.25) is 0 Å². The van der Waals surface area contributed by atoms with E-state index in [-0.39, 0.29) is 76.5 Å². The number of aliphatic carboxylic acids is 1. The summed E-state index contributed by atoms with van der Waals surface area (Å²) in [4.78, 5) is 84.4. The van der Waals surface area contributed by atoms with E-state index >= 15 is 0 Å². The average Bonchev–Trinajstić information content (AvgIpc) is 3.07. The molecule has 0 radical (unpaired) electrons. The number of aliphatic hydroxyl groups excluding tert-OH is 1. The Kier molecular flexibility index (Phi) is 11.9. The smallest absolute Gasteiger partial charge is 0.409 e. The number of piperazine rings is 1. The molecule has 1 aromatic heterocycles. The number of esters is 1. The van der Waals surface area contributed by atoms with Crippen molar-refractivity contribution in [3.05, 3.63) is 36.0 Å². The van der Waals surface area contributed by atoms with Crippen LogP contribution in [0.4, 0.5) is 4.79 Å². The molecule has 0 aliphatic carbocycles. The standard InChI is InChI=1S/C31H39N5O11/c1-3-46-31(44)35-14-12-34(13-15-35)29(42)22(8-9-27(39)40)33-28(41)23-17-25(20-6-4-5-7-21(20)32-23)47-18-26(38)36-11-10-19(37)16-24(36)30(43)45-2/h4-7,17,19,22,24,37H,3,8-16,18H2,1-2H3,(H,33,41)(H,39,40)/t19-,22?,24+/m1/s1. The first-order valence-corrected chi connectivity index (χ1v) is 15.3. The molecular weight excluding hydrogens is 618 g/mol. The summed E-state index contributed by atoms with van der Waals surface area (Å²) in [5.74, 6) is -3.45. The van der Waals surface area contributed by atoms with E-state index in [0.29, 0.717) is 10.9 Å². The van der Waals surface area contributed by atoms with Crippen LogP contribution < -0.4 is 10.1 Å². The number of carbonyl (C=O) groups excluding carboxylic acids is 5. The van der Waals surface area contributed by atoms with Crippen LogP contribution in [0.3, 0.4) is 0 Å². The number of carbonyl (C=O) groups is 6. The molecule has 4 amide bonds. The van der Waals surface area contributed by atoms with Gasteiger partial charge in [0.2, 0.25) is 5.91 Å². The van der Waals surface area contributed by atoms with Gasteiger partial charge in [-0.15, -0.1) is 0 Å². The van der Waals surface area contributed by atoms with Gasteiger partial charge in [0.25, 0.3) is 11.8 Å². The van der Waals surface area contributed by atoms with Crippen molar-refractivity contribution in [2.75, 3.05) is 53.0 Å². The monoisotopic (exact) mass is 657 g/mol. The number of aliphatic hydroxyl groups is 1. The topological polar surface area (TPSA) is 205 Å². The van der Waals surface area contributed by atoms with Gasteiger partial charge < -0.3 is 44.4 Å². The molecule has 2 aliphatic rings. The number of ether oxygens (including phenoxy) is 3. The van der Waals surface area contributed by atoms with Gasteiger partial charge in [-0.2, -0.15) is 0 Å². The Morgan fingerprint density at radius 3 is 2.43 bits per heavy atom. The highest BCUT2D eigenvalue weighted by molar-refractivity contribution is 5.99. The van der Waals surface area contributed by atoms with Crippen LogP contribution in [0.5, 0.6) is 5.75 Å². The Morgan fingerprint density at radius 2 is 1.74 bits per heavy atom. The number of hydrogen-bond donors (Lipinski definition) is 3. The van der Waals surface area contributed by atoms with Gasteiger partial charge in [0.05, 0.1) is 25.3 Å². The number of amides is 4. The molecule has 0 bridgehead atoms. The van der Waals surface area contributed by atoms with Crippen molar-refractivity contribution in [2.45, 2.75) is 50.8 Å². The molecule has 2 saturated heterocycles. The van der Waals surface area contributed by atoms with Crippen molar-refractivity contribution in [3.63, 3.8) is 0 Å². The molecule has 254 valence electrons. The summed E-state index contributed by atoms with van der Waals surface area (Å²) < 4.78 is 15.7. The summed E-state index contributed by atoms with van der Waals surface area (Å²) in [5, 5.41) is 22.4. The second kappa shape index (κ2) is 16.0. The summed E-state index contributed by atoms with van der Waals surface area (Å²) >= 11 is 0. The number of rotatable bonds is 11. The Hall–Kier alpha value is -4.99. The number of likely N-dealkylation sites (tertiary alicyclic amines) is 1. The van der Waals surface area contributed by atoms with Crippen molar-refractivity contribution in [1.82, 2.24) is 25.0 Å². The number of fused-ring (bicyclic) bond motifs is 1. The molecule has 0 saturated carbocycles. The van der Waals surface area contributed by atoms with Crippen molar-refractivity contribution in [2.24, 2.45) is 0 Å². The Morgan fingerprint density at radius 1 is 1.04 bits per heavy atom. The van der Waals surface area contributed by atoms with Crippen molar-refractivity contribution < 1.29 is 53.2 Å². The number of nitrogens with zero attached hydrogens (tertiary/aromatic N) is 4. The third-order valence-corrected chi connectivity index (χ3v) is 8.00. The molecule has 1 aromatic carbocycles. The normalized spacial score (nSPS) is 18.7. The largest absolute Gasteiger partial charge is 0.483 e. The molecule has 47 heavy (non-hydrogen) atoms. The van der Waals surface area contributed by atoms with E-state index in [4.69, 9.17) is 14.2 Å². The minimum absolute atomic E-state index is 0.0315. The number of carboxylic acid groups (broad SMARTS) is 1. The molecule has 16 heteroatoms. The quantitative estimate of drug-likeness (QED) is 0.281. The van der Waals surface area contributed by atoms with E-state index < -0.39 is 60.5 Å². The van der Waals surface area contributed by atoms with Gasteiger partial charge in [0, 0.05) is 57.0 Å². The second-order valence-electron chi connectivity index (χ2n) is 11.1. The van der Waals surface area contributed by atoms with Crippen LogP contribution in [0.15, 0.2) is 30.3 Å². The molecule has 16 nitrogen and oxygen atoms in total. The number of pyridine rings is 1. The van der Waals surface area contributed by atoms with Crippen LogP contribution in [0, 0.1) is 0 Å².